The van der Waals surface area contributed by atoms with E-state index in [1.54, 1.807) is 19.9 Å². The SMILES string of the molecule is CCNC(=O)CN(CC)C(=O)COC(=O)/C=C/c1nc2ccccc2s1. The molecule has 0 saturated carbocycles. The zero-order valence-corrected chi connectivity index (χ0v) is 15.5. The fourth-order valence-electron chi connectivity index (χ4n) is 2.18. The Morgan fingerprint density at radius 1 is 1.27 bits per heavy atom. The van der Waals surface area contributed by atoms with Crippen LogP contribution < -0.4 is 5.32 Å². The summed E-state index contributed by atoms with van der Waals surface area (Å²) in [6, 6.07) is 7.67. The van der Waals surface area contributed by atoms with Crippen LogP contribution in [0.3, 0.4) is 0 Å². The minimum atomic E-state index is -0.633. The maximum Gasteiger partial charge on any atom is 0.331 e. The second-order valence-electron chi connectivity index (χ2n) is 5.32. The van der Waals surface area contributed by atoms with Gasteiger partial charge in [0.2, 0.25) is 5.91 Å². The van der Waals surface area contributed by atoms with E-state index in [2.05, 4.69) is 10.3 Å². The van der Waals surface area contributed by atoms with Gasteiger partial charge in [-0.15, -0.1) is 11.3 Å². The van der Waals surface area contributed by atoms with Gasteiger partial charge in [0.25, 0.3) is 5.91 Å². The Kier molecular flexibility index (Phi) is 7.28. The lowest BCUT2D eigenvalue weighted by Crippen LogP contribution is -2.42. The van der Waals surface area contributed by atoms with Gasteiger partial charge in [-0.1, -0.05) is 12.1 Å². The predicted octanol–water partition coefficient (Wildman–Crippen LogP) is 1.84. The first kappa shape index (κ1) is 19.6. The molecule has 7 nitrogen and oxygen atoms in total. The molecule has 0 fully saturated rings. The van der Waals surface area contributed by atoms with Crippen molar-refractivity contribution in [3.8, 4) is 0 Å². The van der Waals surface area contributed by atoms with E-state index < -0.39 is 18.5 Å². The van der Waals surface area contributed by atoms with Crippen molar-refractivity contribution in [3.05, 3.63) is 35.3 Å². The zero-order chi connectivity index (χ0) is 18.9. The number of carbonyl (C=O) groups excluding carboxylic acids is 3. The molecule has 0 aliphatic rings. The van der Waals surface area contributed by atoms with E-state index in [9.17, 15) is 14.4 Å². The second-order valence-corrected chi connectivity index (χ2v) is 6.38. The minimum Gasteiger partial charge on any atom is -0.452 e. The van der Waals surface area contributed by atoms with E-state index in [4.69, 9.17) is 4.74 Å². The van der Waals surface area contributed by atoms with Gasteiger partial charge in [-0.3, -0.25) is 9.59 Å². The molecule has 0 unspecified atom stereocenters. The van der Waals surface area contributed by atoms with E-state index in [0.717, 1.165) is 10.2 Å². The quantitative estimate of drug-likeness (QED) is 0.562. The maximum absolute atomic E-state index is 12.0. The monoisotopic (exact) mass is 375 g/mol. The van der Waals surface area contributed by atoms with Crippen molar-refractivity contribution >= 4 is 45.4 Å². The van der Waals surface area contributed by atoms with Gasteiger partial charge >= 0.3 is 5.97 Å². The molecule has 0 bridgehead atoms. The Morgan fingerprint density at radius 3 is 2.73 bits per heavy atom. The van der Waals surface area contributed by atoms with Crippen molar-refractivity contribution in [2.75, 3.05) is 26.2 Å². The van der Waals surface area contributed by atoms with Crippen molar-refractivity contribution < 1.29 is 19.1 Å². The third-order valence-corrected chi connectivity index (χ3v) is 4.45. The zero-order valence-electron chi connectivity index (χ0n) is 14.7. The summed E-state index contributed by atoms with van der Waals surface area (Å²) in [4.78, 5) is 41.1. The summed E-state index contributed by atoms with van der Waals surface area (Å²) in [6.07, 6.45) is 2.80. The molecule has 1 heterocycles. The van der Waals surface area contributed by atoms with E-state index in [1.165, 1.54) is 22.3 Å². The smallest absolute Gasteiger partial charge is 0.331 e. The lowest BCUT2D eigenvalue weighted by Gasteiger charge is -2.19. The van der Waals surface area contributed by atoms with Gasteiger partial charge in [-0.2, -0.15) is 0 Å². The summed E-state index contributed by atoms with van der Waals surface area (Å²) in [5.41, 5.74) is 0.865. The van der Waals surface area contributed by atoms with Crippen molar-refractivity contribution in [1.82, 2.24) is 15.2 Å². The number of hydrogen-bond donors (Lipinski definition) is 1. The first-order valence-corrected chi connectivity index (χ1v) is 9.10. The molecular weight excluding hydrogens is 354 g/mol. The standard InChI is InChI=1S/C18H21N3O4S/c1-3-19-15(22)11-21(4-2)17(23)12-25-18(24)10-9-16-20-13-7-5-6-8-14(13)26-16/h5-10H,3-4,11-12H2,1-2H3,(H,19,22)/b10-9+. The number of nitrogens with one attached hydrogen (secondary N) is 1. The number of aromatic nitrogens is 1. The molecule has 0 aliphatic heterocycles. The largest absolute Gasteiger partial charge is 0.452 e. The molecule has 0 saturated heterocycles. The maximum atomic E-state index is 12.0. The van der Waals surface area contributed by atoms with Gasteiger partial charge in [0.05, 0.1) is 16.8 Å². The van der Waals surface area contributed by atoms with Gasteiger partial charge in [0.15, 0.2) is 6.61 Å². The lowest BCUT2D eigenvalue weighted by molar-refractivity contribution is -0.148. The van der Waals surface area contributed by atoms with Crippen LogP contribution in [0.4, 0.5) is 0 Å². The third-order valence-electron chi connectivity index (χ3n) is 3.45. The number of ether oxygens (including phenoxy) is 1. The van der Waals surface area contributed by atoms with E-state index >= 15 is 0 Å². The molecule has 138 valence electrons. The summed E-state index contributed by atoms with van der Waals surface area (Å²) in [5.74, 6) is -1.29. The highest BCUT2D eigenvalue weighted by atomic mass is 32.1. The predicted molar refractivity (Wildman–Crippen MR) is 101 cm³/mol. The van der Waals surface area contributed by atoms with Crippen molar-refractivity contribution in [2.45, 2.75) is 13.8 Å². The van der Waals surface area contributed by atoms with Crippen LogP contribution in [-0.4, -0.2) is 53.9 Å². The van der Waals surface area contributed by atoms with Crippen LogP contribution in [0.25, 0.3) is 16.3 Å². The average molecular weight is 375 g/mol. The summed E-state index contributed by atoms with van der Waals surface area (Å²) in [7, 11) is 0. The Labute approximate surface area is 155 Å². The summed E-state index contributed by atoms with van der Waals surface area (Å²) < 4.78 is 5.98. The van der Waals surface area contributed by atoms with Gasteiger partial charge in [0.1, 0.15) is 5.01 Å². The van der Waals surface area contributed by atoms with Crippen LogP contribution >= 0.6 is 11.3 Å². The first-order chi connectivity index (χ1) is 12.5. The van der Waals surface area contributed by atoms with Crippen LogP contribution in [0.1, 0.15) is 18.9 Å². The fourth-order valence-corrected chi connectivity index (χ4v) is 3.05. The number of para-hydroxylation sites is 1. The molecule has 1 aromatic heterocycles. The molecule has 2 amide bonds. The summed E-state index contributed by atoms with van der Waals surface area (Å²) in [6.45, 7) is 3.95. The normalized spacial score (nSPS) is 10.8. The number of nitrogens with zero attached hydrogens (tertiary/aromatic N) is 2. The topological polar surface area (TPSA) is 88.6 Å². The number of benzene rings is 1. The lowest BCUT2D eigenvalue weighted by atomic mass is 10.3. The number of rotatable bonds is 8. The highest BCUT2D eigenvalue weighted by Crippen LogP contribution is 2.22. The van der Waals surface area contributed by atoms with Gasteiger partial charge in [-0.05, 0) is 32.1 Å². The molecule has 0 atom stereocenters. The third kappa shape index (κ3) is 5.66. The molecule has 2 rings (SSSR count). The van der Waals surface area contributed by atoms with Crippen LogP contribution in [0.2, 0.25) is 0 Å². The van der Waals surface area contributed by atoms with Crippen LogP contribution in [0.15, 0.2) is 30.3 Å². The molecular formula is C18H21N3O4S. The number of fused-ring (bicyclic) bond motifs is 1. The number of esters is 1. The van der Waals surface area contributed by atoms with Crippen LogP contribution in [0, 0.1) is 0 Å². The van der Waals surface area contributed by atoms with Gasteiger partial charge in [-0.25, -0.2) is 9.78 Å². The number of carbonyl (C=O) groups is 3. The van der Waals surface area contributed by atoms with Crippen molar-refractivity contribution in [1.29, 1.82) is 0 Å². The highest BCUT2D eigenvalue weighted by molar-refractivity contribution is 7.19. The van der Waals surface area contributed by atoms with Crippen molar-refractivity contribution in [3.63, 3.8) is 0 Å². The average Bonchev–Trinajstić information content (AvgIpc) is 3.05. The van der Waals surface area contributed by atoms with E-state index in [1.807, 2.05) is 24.3 Å². The summed E-state index contributed by atoms with van der Waals surface area (Å²) >= 11 is 1.46. The summed E-state index contributed by atoms with van der Waals surface area (Å²) in [5, 5.41) is 3.30. The number of amides is 2. The van der Waals surface area contributed by atoms with Crippen LogP contribution in [0.5, 0.6) is 0 Å². The highest BCUT2D eigenvalue weighted by Gasteiger charge is 2.16. The Morgan fingerprint density at radius 2 is 2.04 bits per heavy atom. The number of thiazole rings is 1. The molecule has 26 heavy (non-hydrogen) atoms. The molecule has 0 spiro atoms. The van der Waals surface area contributed by atoms with Crippen molar-refractivity contribution in [2.24, 2.45) is 0 Å². The number of hydrogen-bond acceptors (Lipinski definition) is 6. The first-order valence-electron chi connectivity index (χ1n) is 8.28. The molecule has 1 aromatic carbocycles. The molecule has 1 N–H and O–H groups in total. The molecule has 2 aromatic rings. The van der Waals surface area contributed by atoms with E-state index in [0.29, 0.717) is 18.1 Å². The van der Waals surface area contributed by atoms with Gasteiger partial charge < -0.3 is 15.0 Å². The second kappa shape index (κ2) is 9.67. The fraction of sp³-hybridized carbons (Fsp3) is 0.333. The number of likely N-dealkylation sites (N-methyl/N-ethyl adjacent to an activating group) is 2. The van der Waals surface area contributed by atoms with Gasteiger partial charge in [0, 0.05) is 19.2 Å². The molecule has 0 aliphatic carbocycles. The Bertz CT molecular complexity index is 783. The molecule has 0 radical (unpaired) electrons. The van der Waals surface area contributed by atoms with Crippen LogP contribution in [-0.2, 0) is 19.1 Å². The minimum absolute atomic E-state index is 0.0533. The van der Waals surface area contributed by atoms with E-state index in [-0.39, 0.29) is 12.5 Å². The Hall–Kier alpha value is -2.74. The molecule has 8 heteroatoms. The Balaban J connectivity index is 1.84.